The lowest BCUT2D eigenvalue weighted by atomic mass is 9.78. The summed E-state index contributed by atoms with van der Waals surface area (Å²) in [6.07, 6.45) is 0.373. The van der Waals surface area contributed by atoms with Crippen LogP contribution >= 0.6 is 0 Å². The van der Waals surface area contributed by atoms with Gasteiger partial charge >= 0.3 is 5.97 Å². The van der Waals surface area contributed by atoms with E-state index < -0.39 is 16.5 Å². The zero-order valence-corrected chi connectivity index (χ0v) is 19.9. The Morgan fingerprint density at radius 1 is 1.03 bits per heavy atom. The minimum absolute atomic E-state index is 0.133. The molecule has 0 aromatic heterocycles. The van der Waals surface area contributed by atoms with Crippen molar-refractivity contribution < 1.29 is 29.4 Å². The number of hydrogen-bond donors (Lipinski definition) is 1. The number of amides is 1. The predicted octanol–water partition coefficient (Wildman–Crippen LogP) is 3.99. The van der Waals surface area contributed by atoms with Gasteiger partial charge in [0.15, 0.2) is 0 Å². The van der Waals surface area contributed by atoms with E-state index in [4.69, 9.17) is 4.74 Å². The number of hydrogen-bond acceptors (Lipinski definition) is 6. The molecule has 3 aromatic rings. The Labute approximate surface area is 203 Å². The second-order valence-electron chi connectivity index (χ2n) is 8.62. The summed E-state index contributed by atoms with van der Waals surface area (Å²) in [6.45, 7) is 1.78. The number of carbonyl (C=O) groups excluding carboxylic acids is 1. The highest BCUT2D eigenvalue weighted by atomic mass is 16.9. The zero-order chi connectivity index (χ0) is 25.6. The molecule has 1 amide bonds. The number of ether oxygens (including phenoxy) is 1. The molecule has 35 heavy (non-hydrogen) atoms. The maximum atomic E-state index is 12.7. The number of aliphatic carboxylic acids is 1. The number of methoxy groups -OCH3 is 1. The van der Waals surface area contributed by atoms with Crippen LogP contribution in [0.2, 0.25) is 0 Å². The Kier molecular flexibility index (Phi) is 7.91. The summed E-state index contributed by atoms with van der Waals surface area (Å²) in [7, 11) is 3.25. The van der Waals surface area contributed by atoms with Crippen molar-refractivity contribution in [3.05, 3.63) is 87.5 Å². The molecule has 0 radical (unpaired) electrons. The number of carboxylic acids is 1. The Bertz CT molecular complexity index is 1230. The SMILES string of the molecule is COc1ccc2cc([C@](C)(CCN(C)C(=O)Cc3ccc(CO[N+](=O)[O-])cc3)C(=O)O)ccc2c1. The highest BCUT2D eigenvalue weighted by Crippen LogP contribution is 2.32. The van der Waals surface area contributed by atoms with E-state index in [2.05, 4.69) is 4.84 Å². The Balaban J connectivity index is 1.66. The molecular weight excluding hydrogens is 452 g/mol. The molecule has 1 atom stereocenters. The molecule has 0 aliphatic heterocycles. The maximum absolute atomic E-state index is 12.7. The molecule has 0 aliphatic rings. The minimum Gasteiger partial charge on any atom is -0.497 e. The summed E-state index contributed by atoms with van der Waals surface area (Å²) in [4.78, 5) is 41.2. The van der Waals surface area contributed by atoms with Crippen LogP contribution in [-0.4, -0.2) is 47.7 Å². The molecule has 9 nitrogen and oxygen atoms in total. The van der Waals surface area contributed by atoms with E-state index in [1.807, 2.05) is 36.4 Å². The molecule has 0 saturated carbocycles. The Morgan fingerprint density at radius 3 is 2.29 bits per heavy atom. The van der Waals surface area contributed by atoms with E-state index in [0.29, 0.717) is 11.1 Å². The maximum Gasteiger partial charge on any atom is 0.313 e. The predicted molar refractivity (Wildman–Crippen MR) is 130 cm³/mol. The smallest absolute Gasteiger partial charge is 0.313 e. The number of carbonyl (C=O) groups is 2. The third-order valence-electron chi connectivity index (χ3n) is 6.24. The number of benzene rings is 3. The van der Waals surface area contributed by atoms with E-state index in [-0.39, 0.29) is 31.9 Å². The van der Waals surface area contributed by atoms with E-state index in [1.165, 1.54) is 4.90 Å². The van der Waals surface area contributed by atoms with Crippen molar-refractivity contribution in [1.29, 1.82) is 0 Å². The van der Waals surface area contributed by atoms with Crippen LogP contribution in [0.5, 0.6) is 5.75 Å². The first kappa shape index (κ1) is 25.5. The number of likely N-dealkylation sites (N-methyl/N-ethyl adjacent to an activating group) is 1. The van der Waals surface area contributed by atoms with Gasteiger partial charge in [-0.3, -0.25) is 9.59 Å². The van der Waals surface area contributed by atoms with Gasteiger partial charge in [0.1, 0.15) is 12.4 Å². The van der Waals surface area contributed by atoms with Gasteiger partial charge in [0, 0.05) is 13.6 Å². The first-order valence-corrected chi connectivity index (χ1v) is 11.0. The van der Waals surface area contributed by atoms with E-state index in [1.54, 1.807) is 45.3 Å². The third-order valence-corrected chi connectivity index (χ3v) is 6.24. The van der Waals surface area contributed by atoms with Crippen LogP contribution in [0.4, 0.5) is 0 Å². The summed E-state index contributed by atoms with van der Waals surface area (Å²) >= 11 is 0. The van der Waals surface area contributed by atoms with Gasteiger partial charge in [-0.05, 0) is 52.9 Å². The molecule has 0 spiro atoms. The average molecular weight is 481 g/mol. The van der Waals surface area contributed by atoms with Crippen molar-refractivity contribution in [2.75, 3.05) is 20.7 Å². The standard InChI is InChI=1S/C26H28N2O7/c1-26(25(30)31,22-10-8-21-16-23(34-3)11-9-20(21)15-22)12-13-27(2)24(29)14-18-4-6-19(7-5-18)17-35-28(32)33/h4-11,15-16H,12-14,17H2,1-3H3,(H,30,31)/t26-/m0/s1. The molecular formula is C26H28N2O7. The largest absolute Gasteiger partial charge is 0.497 e. The van der Waals surface area contributed by atoms with Crippen LogP contribution < -0.4 is 4.74 Å². The molecule has 0 unspecified atom stereocenters. The molecule has 9 heteroatoms. The highest BCUT2D eigenvalue weighted by molar-refractivity contribution is 5.88. The van der Waals surface area contributed by atoms with Gasteiger partial charge < -0.3 is 19.6 Å². The van der Waals surface area contributed by atoms with Crippen LogP contribution in [0.15, 0.2) is 60.7 Å². The van der Waals surface area contributed by atoms with Crippen molar-refractivity contribution >= 4 is 22.6 Å². The lowest BCUT2D eigenvalue weighted by Gasteiger charge is -2.28. The fraction of sp³-hybridized carbons (Fsp3) is 0.308. The third kappa shape index (κ3) is 6.26. The summed E-state index contributed by atoms with van der Waals surface area (Å²) in [5.41, 5.74) is 0.854. The molecule has 0 aliphatic carbocycles. The van der Waals surface area contributed by atoms with Crippen molar-refractivity contribution in [2.24, 2.45) is 0 Å². The van der Waals surface area contributed by atoms with Gasteiger partial charge in [-0.1, -0.05) is 48.5 Å². The quantitative estimate of drug-likeness (QED) is 0.325. The van der Waals surface area contributed by atoms with Gasteiger partial charge in [0.05, 0.1) is 18.9 Å². The van der Waals surface area contributed by atoms with E-state index >= 15 is 0 Å². The van der Waals surface area contributed by atoms with E-state index in [0.717, 1.165) is 22.1 Å². The van der Waals surface area contributed by atoms with Crippen molar-refractivity contribution in [3.63, 3.8) is 0 Å². The van der Waals surface area contributed by atoms with E-state index in [9.17, 15) is 24.8 Å². The molecule has 3 rings (SSSR count). The highest BCUT2D eigenvalue weighted by Gasteiger charge is 2.35. The summed E-state index contributed by atoms with van der Waals surface area (Å²) < 4.78 is 5.25. The normalized spacial score (nSPS) is 12.5. The number of rotatable bonds is 11. The molecule has 184 valence electrons. The zero-order valence-electron chi connectivity index (χ0n) is 19.9. The topological polar surface area (TPSA) is 119 Å². The van der Waals surface area contributed by atoms with Crippen LogP contribution in [0, 0.1) is 10.1 Å². The monoisotopic (exact) mass is 480 g/mol. The van der Waals surface area contributed by atoms with Gasteiger partial charge in [0.25, 0.3) is 5.09 Å². The van der Waals surface area contributed by atoms with Crippen molar-refractivity contribution in [3.8, 4) is 5.75 Å². The second kappa shape index (κ2) is 10.9. The number of carboxylic acid groups (broad SMARTS) is 1. The van der Waals surface area contributed by atoms with Crippen LogP contribution in [0.3, 0.4) is 0 Å². The molecule has 0 bridgehead atoms. The van der Waals surface area contributed by atoms with Gasteiger partial charge in [0.2, 0.25) is 5.91 Å². The summed E-state index contributed by atoms with van der Waals surface area (Å²) in [5.74, 6) is -0.387. The lowest BCUT2D eigenvalue weighted by molar-refractivity contribution is -0.763. The van der Waals surface area contributed by atoms with Crippen molar-refractivity contribution in [1.82, 2.24) is 4.90 Å². The van der Waals surface area contributed by atoms with Gasteiger partial charge in [-0.25, -0.2) is 0 Å². The number of nitrogens with zero attached hydrogens (tertiary/aromatic N) is 2. The Morgan fingerprint density at radius 2 is 1.66 bits per heavy atom. The van der Waals surface area contributed by atoms with Crippen LogP contribution in [-0.2, 0) is 32.9 Å². The molecule has 3 aromatic carbocycles. The summed E-state index contributed by atoms with van der Waals surface area (Å²) in [6, 6.07) is 18.0. The fourth-order valence-corrected chi connectivity index (χ4v) is 3.77. The van der Waals surface area contributed by atoms with Crippen LogP contribution in [0.1, 0.15) is 30.0 Å². The number of fused-ring (bicyclic) bond motifs is 1. The summed E-state index contributed by atoms with van der Waals surface area (Å²) in [5, 5.41) is 21.4. The van der Waals surface area contributed by atoms with Crippen LogP contribution in [0.25, 0.3) is 10.8 Å². The average Bonchev–Trinajstić information content (AvgIpc) is 2.85. The molecule has 1 N–H and O–H groups in total. The van der Waals surface area contributed by atoms with Gasteiger partial charge in [-0.2, -0.15) is 0 Å². The second-order valence-corrected chi connectivity index (χ2v) is 8.62. The first-order chi connectivity index (χ1) is 16.6. The molecule has 0 fully saturated rings. The molecule has 0 heterocycles. The first-order valence-electron chi connectivity index (χ1n) is 11.0. The minimum atomic E-state index is -1.18. The lowest BCUT2D eigenvalue weighted by Crippen LogP contribution is -2.38. The van der Waals surface area contributed by atoms with Crippen molar-refractivity contribution in [2.45, 2.75) is 31.8 Å². The fourth-order valence-electron chi connectivity index (χ4n) is 3.77. The van der Waals surface area contributed by atoms with Gasteiger partial charge in [-0.15, -0.1) is 10.1 Å². The Hall–Kier alpha value is -4.14. The molecule has 0 saturated heterocycles.